The molecule has 2 N–H and O–H groups in total. The Morgan fingerprint density at radius 2 is 2.30 bits per heavy atom. The van der Waals surface area contributed by atoms with Gasteiger partial charge in [-0.15, -0.1) is 0 Å². The van der Waals surface area contributed by atoms with E-state index in [9.17, 15) is 9.59 Å². The molecule has 1 atom stereocenters. The standard InChI is InChI=1S/C5H8N2O3/c1-10-7-4(8)2-3(6)5(7)9/h3H,2,6H2,1H3. The van der Waals surface area contributed by atoms with E-state index in [4.69, 9.17) is 5.73 Å². The van der Waals surface area contributed by atoms with E-state index in [0.717, 1.165) is 0 Å². The molecule has 56 valence electrons. The van der Waals surface area contributed by atoms with Gasteiger partial charge in [-0.1, -0.05) is 0 Å². The van der Waals surface area contributed by atoms with Gasteiger partial charge in [0.1, 0.15) is 0 Å². The fourth-order valence-electron chi connectivity index (χ4n) is 0.824. The van der Waals surface area contributed by atoms with Crippen molar-refractivity contribution in [1.82, 2.24) is 5.06 Å². The Morgan fingerprint density at radius 1 is 1.70 bits per heavy atom. The van der Waals surface area contributed by atoms with Gasteiger partial charge in [-0.05, 0) is 0 Å². The van der Waals surface area contributed by atoms with Crippen molar-refractivity contribution in [3.05, 3.63) is 0 Å². The normalized spacial score (nSPS) is 26.2. The van der Waals surface area contributed by atoms with Gasteiger partial charge in [0.05, 0.1) is 19.6 Å². The lowest BCUT2D eigenvalue weighted by Gasteiger charge is -2.08. The van der Waals surface area contributed by atoms with E-state index in [2.05, 4.69) is 4.84 Å². The van der Waals surface area contributed by atoms with Crippen LogP contribution in [0.1, 0.15) is 6.42 Å². The highest BCUT2D eigenvalue weighted by Gasteiger charge is 2.36. The summed E-state index contributed by atoms with van der Waals surface area (Å²) in [6.45, 7) is 0. The molecule has 0 aromatic rings. The summed E-state index contributed by atoms with van der Waals surface area (Å²) in [5, 5.41) is 0.685. The zero-order valence-electron chi connectivity index (χ0n) is 5.53. The van der Waals surface area contributed by atoms with Crippen molar-refractivity contribution in [3.8, 4) is 0 Å². The number of hydrogen-bond donors (Lipinski definition) is 1. The number of nitrogens with two attached hydrogens (primary N) is 1. The Kier molecular flexibility index (Phi) is 1.69. The van der Waals surface area contributed by atoms with Crippen LogP contribution in [0.2, 0.25) is 0 Å². The zero-order chi connectivity index (χ0) is 7.72. The molecule has 0 radical (unpaired) electrons. The molecular weight excluding hydrogens is 136 g/mol. The lowest BCUT2D eigenvalue weighted by atomic mass is 10.3. The number of rotatable bonds is 1. The van der Waals surface area contributed by atoms with Crippen molar-refractivity contribution in [2.75, 3.05) is 7.11 Å². The number of nitrogens with zero attached hydrogens (tertiary/aromatic N) is 1. The lowest BCUT2D eigenvalue weighted by Crippen LogP contribution is -2.34. The summed E-state index contributed by atoms with van der Waals surface area (Å²) in [5.74, 6) is -0.840. The van der Waals surface area contributed by atoms with Gasteiger partial charge in [0.25, 0.3) is 11.8 Å². The van der Waals surface area contributed by atoms with Crippen LogP contribution < -0.4 is 5.73 Å². The minimum Gasteiger partial charge on any atom is -0.319 e. The van der Waals surface area contributed by atoms with Crippen LogP contribution in [0, 0.1) is 0 Å². The molecule has 1 unspecified atom stereocenters. The molecule has 10 heavy (non-hydrogen) atoms. The Hall–Kier alpha value is -0.940. The summed E-state index contributed by atoms with van der Waals surface area (Å²) >= 11 is 0. The molecule has 1 aliphatic rings. The molecule has 0 aliphatic carbocycles. The van der Waals surface area contributed by atoms with Crippen molar-refractivity contribution in [3.63, 3.8) is 0 Å². The molecule has 1 aliphatic heterocycles. The SMILES string of the molecule is CON1C(=O)CC(N)C1=O. The number of carbonyl (C=O) groups is 2. The number of imide groups is 1. The number of hydroxylamine groups is 2. The summed E-state index contributed by atoms with van der Waals surface area (Å²) in [5.41, 5.74) is 5.24. The van der Waals surface area contributed by atoms with E-state index in [1.165, 1.54) is 7.11 Å². The molecule has 0 spiro atoms. The van der Waals surface area contributed by atoms with Gasteiger partial charge in [0, 0.05) is 0 Å². The van der Waals surface area contributed by atoms with Crippen molar-refractivity contribution in [1.29, 1.82) is 0 Å². The molecule has 1 rings (SSSR count). The maximum absolute atomic E-state index is 10.8. The van der Waals surface area contributed by atoms with Gasteiger partial charge in [-0.3, -0.25) is 14.4 Å². The Morgan fingerprint density at radius 3 is 2.50 bits per heavy atom. The first-order valence-corrected chi connectivity index (χ1v) is 2.83. The van der Waals surface area contributed by atoms with Crippen LogP contribution in [0.4, 0.5) is 0 Å². The van der Waals surface area contributed by atoms with Gasteiger partial charge in [-0.25, -0.2) is 0 Å². The first-order chi connectivity index (χ1) is 4.66. The topological polar surface area (TPSA) is 72.6 Å². The zero-order valence-corrected chi connectivity index (χ0v) is 5.53. The smallest absolute Gasteiger partial charge is 0.270 e. The highest BCUT2D eigenvalue weighted by molar-refractivity contribution is 6.04. The molecule has 1 heterocycles. The van der Waals surface area contributed by atoms with Gasteiger partial charge >= 0.3 is 0 Å². The maximum Gasteiger partial charge on any atom is 0.270 e. The summed E-state index contributed by atoms with van der Waals surface area (Å²) in [6.07, 6.45) is 0.0483. The van der Waals surface area contributed by atoms with Crippen LogP contribution >= 0.6 is 0 Å². The van der Waals surface area contributed by atoms with Crippen LogP contribution in [0.5, 0.6) is 0 Å². The highest BCUT2D eigenvalue weighted by atomic mass is 16.7. The lowest BCUT2D eigenvalue weighted by molar-refractivity contribution is -0.179. The first kappa shape index (κ1) is 7.17. The van der Waals surface area contributed by atoms with E-state index in [1.54, 1.807) is 0 Å². The van der Waals surface area contributed by atoms with E-state index in [1.807, 2.05) is 0 Å². The molecule has 0 bridgehead atoms. The predicted octanol–water partition coefficient (Wildman–Crippen LogP) is -1.37. The van der Waals surface area contributed by atoms with E-state index >= 15 is 0 Å². The molecule has 1 fully saturated rings. The molecule has 1 saturated heterocycles. The fourth-order valence-corrected chi connectivity index (χ4v) is 0.824. The van der Waals surface area contributed by atoms with E-state index < -0.39 is 11.9 Å². The summed E-state index contributed by atoms with van der Waals surface area (Å²) in [4.78, 5) is 26.0. The first-order valence-electron chi connectivity index (χ1n) is 2.83. The van der Waals surface area contributed by atoms with Crippen molar-refractivity contribution >= 4 is 11.8 Å². The van der Waals surface area contributed by atoms with Crippen LogP contribution in [-0.2, 0) is 14.4 Å². The van der Waals surface area contributed by atoms with Crippen LogP contribution in [0.3, 0.4) is 0 Å². The second-order valence-corrected chi connectivity index (χ2v) is 2.02. The van der Waals surface area contributed by atoms with Gasteiger partial charge in [0.2, 0.25) is 0 Å². The third-order valence-electron chi connectivity index (χ3n) is 1.32. The van der Waals surface area contributed by atoms with Crippen LogP contribution in [0.25, 0.3) is 0 Å². The second-order valence-electron chi connectivity index (χ2n) is 2.02. The second kappa shape index (κ2) is 2.36. The summed E-state index contributed by atoms with van der Waals surface area (Å²) in [6, 6.07) is -0.715. The summed E-state index contributed by atoms with van der Waals surface area (Å²) in [7, 11) is 1.26. The number of amides is 2. The average Bonchev–Trinajstić information content (AvgIpc) is 2.09. The molecule has 0 saturated carbocycles. The number of carbonyl (C=O) groups excluding carboxylic acids is 2. The molecular formula is C5H8N2O3. The van der Waals surface area contributed by atoms with Gasteiger partial charge < -0.3 is 5.73 Å². The van der Waals surface area contributed by atoms with Crippen molar-refractivity contribution in [2.24, 2.45) is 5.73 Å². The van der Waals surface area contributed by atoms with Crippen molar-refractivity contribution in [2.45, 2.75) is 12.5 Å². The monoisotopic (exact) mass is 144 g/mol. The third kappa shape index (κ3) is 0.891. The Bertz CT molecular complexity index is 180. The quantitative estimate of drug-likeness (QED) is 0.461. The van der Waals surface area contributed by atoms with Crippen molar-refractivity contribution < 1.29 is 14.4 Å². The largest absolute Gasteiger partial charge is 0.319 e. The minimum atomic E-state index is -0.715. The summed E-state index contributed by atoms with van der Waals surface area (Å²) < 4.78 is 0. The molecule has 0 aromatic carbocycles. The average molecular weight is 144 g/mol. The fraction of sp³-hybridized carbons (Fsp3) is 0.600. The highest BCUT2D eigenvalue weighted by Crippen LogP contribution is 2.09. The Labute approximate surface area is 57.7 Å². The van der Waals surface area contributed by atoms with Crippen LogP contribution in [-0.4, -0.2) is 30.0 Å². The van der Waals surface area contributed by atoms with Crippen LogP contribution in [0.15, 0.2) is 0 Å². The minimum absolute atomic E-state index is 0.0483. The molecule has 2 amide bonds. The molecule has 5 heteroatoms. The predicted molar refractivity (Wildman–Crippen MR) is 31.5 cm³/mol. The van der Waals surface area contributed by atoms with E-state index in [0.29, 0.717) is 5.06 Å². The van der Waals surface area contributed by atoms with E-state index in [-0.39, 0.29) is 12.3 Å². The van der Waals surface area contributed by atoms with Gasteiger partial charge in [0.15, 0.2) is 0 Å². The molecule has 5 nitrogen and oxygen atoms in total. The molecule has 0 aromatic heterocycles. The number of hydrogen-bond acceptors (Lipinski definition) is 4. The maximum atomic E-state index is 10.8. The third-order valence-corrected chi connectivity index (χ3v) is 1.32. The van der Waals surface area contributed by atoms with Gasteiger partial charge in [-0.2, -0.15) is 5.06 Å². The Balaban J connectivity index is 2.74.